The molecule has 25 heteroatoms. The van der Waals surface area contributed by atoms with E-state index in [9.17, 15) is 14.3 Å². The summed E-state index contributed by atoms with van der Waals surface area (Å²) in [4.78, 5) is 41.6. The molecule has 0 aromatic carbocycles. The Hall–Kier alpha value is -2.85. The van der Waals surface area contributed by atoms with Crippen LogP contribution in [0.25, 0.3) is 22.3 Å². The number of aromatic nitrogens is 9. The van der Waals surface area contributed by atoms with Gasteiger partial charge in [-0.05, 0) is 11.8 Å². The van der Waals surface area contributed by atoms with Crippen molar-refractivity contribution >= 4 is 72.6 Å². The minimum atomic E-state index is -4.27. The quantitative estimate of drug-likeness (QED) is 0.207. The van der Waals surface area contributed by atoms with Crippen molar-refractivity contribution < 1.29 is 41.1 Å². The molecule has 4 aromatic heterocycles. The molecule has 2 bridgehead atoms. The van der Waals surface area contributed by atoms with Gasteiger partial charge in [-0.15, -0.1) is 25.9 Å². The third-order valence-corrected chi connectivity index (χ3v) is 10.9. The molecule has 234 valence electrons. The molecule has 3 saturated heterocycles. The lowest BCUT2D eigenvalue weighted by molar-refractivity contribution is -0.0488. The maximum Gasteiger partial charge on any atom is 0.697 e. The van der Waals surface area contributed by atoms with Crippen LogP contribution in [-0.2, 0) is 39.2 Å². The van der Waals surface area contributed by atoms with Gasteiger partial charge in [0, 0.05) is 4.57 Å². The minimum Gasteiger partial charge on any atom is -0.382 e. The van der Waals surface area contributed by atoms with Crippen LogP contribution in [0.5, 0.6) is 0 Å². The lowest BCUT2D eigenvalue weighted by Gasteiger charge is -2.27. The molecule has 0 amide bonds. The maximum atomic E-state index is 15.8. The number of imidazole rings is 1. The number of ether oxygens (including phenoxy) is 1. The molecule has 0 saturated carbocycles. The molecule has 0 radical (unpaired) electrons. The van der Waals surface area contributed by atoms with E-state index in [1.165, 1.54) is 10.9 Å². The smallest absolute Gasteiger partial charge is 0.382 e. The fourth-order valence-corrected chi connectivity index (χ4v) is 8.86. The number of alkyl halides is 2. The van der Waals surface area contributed by atoms with Crippen LogP contribution in [0.1, 0.15) is 11.6 Å². The molecule has 6 N–H and O–H groups in total. The van der Waals surface area contributed by atoms with Crippen molar-refractivity contribution in [1.29, 1.82) is 0 Å². The molecule has 7 heterocycles. The number of rotatable bonds is 2. The van der Waals surface area contributed by atoms with Gasteiger partial charge in [0.2, 0.25) is 5.95 Å². The summed E-state index contributed by atoms with van der Waals surface area (Å²) < 4.78 is 74.5. The average Bonchev–Trinajstić information content (AvgIpc) is 3.72. The molecule has 10 unspecified atom stereocenters. The van der Waals surface area contributed by atoms with Gasteiger partial charge in [0.25, 0.3) is 5.56 Å². The normalized spacial score (nSPS) is 35.8. The van der Waals surface area contributed by atoms with E-state index >= 15 is 8.78 Å². The van der Waals surface area contributed by atoms with Gasteiger partial charge in [-0.3, -0.25) is 18.9 Å². The zero-order valence-electron chi connectivity index (χ0n) is 21.7. The number of nitrogens with one attached hydrogen (secondary N) is 1. The second-order valence-corrected chi connectivity index (χ2v) is 14.8. The summed E-state index contributed by atoms with van der Waals surface area (Å²) in [5, 5.41) is 5.65. The summed E-state index contributed by atoms with van der Waals surface area (Å²) in [6.07, 6.45) is -7.45. The van der Waals surface area contributed by atoms with Crippen LogP contribution in [-0.4, -0.2) is 98.5 Å². The van der Waals surface area contributed by atoms with Gasteiger partial charge >= 0.3 is 15.0 Å². The van der Waals surface area contributed by atoms with Crippen LogP contribution >= 0.6 is 26.7 Å². The fraction of sp³-hybridized carbons (Fsp3) is 0.526. The first kappa shape index (κ1) is 29.8. The van der Waals surface area contributed by atoms with Crippen molar-refractivity contribution in [1.82, 2.24) is 44.5 Å². The van der Waals surface area contributed by atoms with E-state index in [-0.39, 0.29) is 34.1 Å². The number of nitrogens with two attached hydrogens (primary N) is 2. The lowest BCUT2D eigenvalue weighted by atomic mass is 10.1. The summed E-state index contributed by atoms with van der Waals surface area (Å²) in [6.45, 7) is -5.39. The van der Waals surface area contributed by atoms with E-state index in [4.69, 9.17) is 46.1 Å². The molecule has 0 aliphatic carbocycles. The lowest BCUT2D eigenvalue weighted by Crippen LogP contribution is -2.33. The first-order valence-corrected chi connectivity index (χ1v) is 17.2. The number of anilines is 2. The molecule has 3 aliphatic rings. The Kier molecular flexibility index (Phi) is 7.59. The summed E-state index contributed by atoms with van der Waals surface area (Å²) in [6, 6.07) is 0. The summed E-state index contributed by atoms with van der Waals surface area (Å²) in [7, 11) is -3.03. The molecular weight excluding hydrogens is 674 g/mol. The largest absolute Gasteiger partial charge is 0.697 e. The van der Waals surface area contributed by atoms with Gasteiger partial charge in [0.1, 0.15) is 36.7 Å². The van der Waals surface area contributed by atoms with Crippen LogP contribution in [0, 0.1) is 0 Å². The van der Waals surface area contributed by atoms with Crippen molar-refractivity contribution in [2.24, 2.45) is 0 Å². The highest BCUT2D eigenvalue weighted by Gasteiger charge is 2.55. The van der Waals surface area contributed by atoms with Crippen LogP contribution in [0.3, 0.4) is 0 Å². The molecule has 19 nitrogen and oxygen atoms in total. The third-order valence-electron chi connectivity index (χ3n) is 7.00. The number of nitrogens with zero attached hydrogens (tertiary/aromatic N) is 8. The predicted molar refractivity (Wildman–Crippen MR) is 150 cm³/mol. The van der Waals surface area contributed by atoms with Gasteiger partial charge in [-0.1, -0.05) is 5.21 Å². The first-order valence-electron chi connectivity index (χ1n) is 12.6. The van der Waals surface area contributed by atoms with Gasteiger partial charge in [0.15, 0.2) is 46.6 Å². The van der Waals surface area contributed by atoms with Crippen molar-refractivity contribution in [2.45, 2.75) is 47.5 Å². The van der Waals surface area contributed by atoms with Gasteiger partial charge in [-0.25, -0.2) is 23.7 Å². The minimum absolute atomic E-state index is 0.00175. The SMILES string of the molecule is Nc1nc2c(ncn2C2SC3CO[P+](=O)OC4C(COP(O)(=S)OC2C3F)OC(n2nnc3c(N)ncnc32)C4F)c(=O)[nH]1. The maximum absolute atomic E-state index is 15.8. The molecule has 0 spiro atoms. The first-order chi connectivity index (χ1) is 21.0. The highest BCUT2D eigenvalue weighted by Crippen LogP contribution is 2.55. The molecule has 3 aliphatic heterocycles. The second-order valence-electron chi connectivity index (χ2n) is 9.68. The Balaban J connectivity index is 1.18. The van der Waals surface area contributed by atoms with Crippen molar-refractivity contribution in [3.63, 3.8) is 0 Å². The molecule has 10 atom stereocenters. The number of aromatic amines is 1. The van der Waals surface area contributed by atoms with Crippen molar-refractivity contribution in [2.75, 3.05) is 24.7 Å². The second kappa shape index (κ2) is 11.2. The van der Waals surface area contributed by atoms with E-state index in [1.54, 1.807) is 0 Å². The zero-order chi connectivity index (χ0) is 30.9. The van der Waals surface area contributed by atoms with Crippen LogP contribution in [0.2, 0.25) is 0 Å². The Bertz CT molecular complexity index is 1880. The highest BCUT2D eigenvalue weighted by atomic mass is 32.5. The Morgan fingerprint density at radius 2 is 1.98 bits per heavy atom. The standard InChI is InChI=1S/C19H19F2N11O8P2S2/c20-7-6-2-36-41(34)39-11-5(38-17(8(11)21)32-14-9(29-30-32)13(22)24-3-25-14)1-37-42(35,43)40-12(7)18(44-6)31-4-26-10-15(31)27-19(23)28-16(10)33/h3-8,11-12,17-18H,1-2H2,(H5-,22,23,24,25,27,28,30,33,35,43)/p+1. The number of nitrogen functional groups attached to an aromatic ring is 2. The molecule has 3 fully saturated rings. The topological polar surface area (TPSA) is 256 Å². The summed E-state index contributed by atoms with van der Waals surface area (Å²) >= 11 is 6.13. The third kappa shape index (κ3) is 5.15. The Labute approximate surface area is 253 Å². The molecule has 44 heavy (non-hydrogen) atoms. The van der Waals surface area contributed by atoms with Crippen molar-refractivity contribution in [3.8, 4) is 0 Å². The fourth-order valence-electron chi connectivity index (χ4n) is 5.02. The average molecular weight is 695 g/mol. The number of hydrogen-bond donors (Lipinski definition) is 4. The van der Waals surface area contributed by atoms with Gasteiger partial charge < -0.3 is 25.6 Å². The summed E-state index contributed by atoms with van der Waals surface area (Å²) in [5.41, 5.74) is 10.9. The molecular formula is C19H20F2N11O8P2S2+. The molecule has 4 aromatic rings. The van der Waals surface area contributed by atoms with Gasteiger partial charge in [0.05, 0.1) is 18.2 Å². The van der Waals surface area contributed by atoms with Gasteiger partial charge in [-0.2, -0.15) is 9.67 Å². The number of halogens is 2. The number of hydrogen-bond acceptors (Lipinski definition) is 17. The molecule has 7 rings (SSSR count). The van der Waals surface area contributed by atoms with Crippen molar-refractivity contribution in [3.05, 3.63) is 23.0 Å². The van der Waals surface area contributed by atoms with E-state index in [1.807, 2.05) is 0 Å². The van der Waals surface area contributed by atoms with E-state index in [0.717, 1.165) is 22.8 Å². The Morgan fingerprint density at radius 3 is 2.80 bits per heavy atom. The van der Waals surface area contributed by atoms with Crippen LogP contribution in [0.15, 0.2) is 17.4 Å². The predicted octanol–water partition coefficient (Wildman–Crippen LogP) is 0.398. The monoisotopic (exact) mass is 694 g/mol. The van der Waals surface area contributed by atoms with E-state index < -0.39 is 81.3 Å². The van der Waals surface area contributed by atoms with Crippen LogP contribution in [0.4, 0.5) is 20.5 Å². The Morgan fingerprint density at radius 1 is 1.16 bits per heavy atom. The van der Waals surface area contributed by atoms with E-state index in [2.05, 4.69) is 35.2 Å². The highest BCUT2D eigenvalue weighted by molar-refractivity contribution is 8.07. The van der Waals surface area contributed by atoms with Crippen LogP contribution < -0.4 is 17.0 Å². The number of fused-ring (bicyclic) bond motifs is 5. The number of thioether (sulfide) groups is 1. The zero-order valence-corrected chi connectivity index (χ0v) is 25.1. The summed E-state index contributed by atoms with van der Waals surface area (Å²) in [5.74, 6) is -0.211. The van der Waals surface area contributed by atoms with E-state index in [0.29, 0.717) is 0 Å². The number of H-pyrrole nitrogens is 1.